The molecule has 1 fully saturated rings. The Morgan fingerprint density at radius 2 is 1.92 bits per heavy atom. The molecule has 0 aliphatic carbocycles. The van der Waals surface area contributed by atoms with E-state index in [1.807, 2.05) is 30.3 Å². The highest BCUT2D eigenvalue weighted by Gasteiger charge is 2.40. The fourth-order valence-corrected chi connectivity index (χ4v) is 3.03. The molecule has 1 aliphatic heterocycles. The van der Waals surface area contributed by atoms with Gasteiger partial charge < -0.3 is 19.5 Å². The highest BCUT2D eigenvalue weighted by Crippen LogP contribution is 2.26. The lowest BCUT2D eigenvalue weighted by atomic mass is 9.96. The van der Waals surface area contributed by atoms with Crippen LogP contribution in [0.5, 0.6) is 0 Å². The Morgan fingerprint density at radius 3 is 2.54 bits per heavy atom. The summed E-state index contributed by atoms with van der Waals surface area (Å²) in [5, 5.41) is 10.7. The number of likely N-dealkylation sites (tertiary alicyclic amines) is 1. The Kier molecular flexibility index (Phi) is 6.64. The summed E-state index contributed by atoms with van der Waals surface area (Å²) in [5.41, 5.74) is 0.286. The molecule has 1 aromatic carbocycles. The molecule has 0 radical (unpaired) electrons. The van der Waals surface area contributed by atoms with Crippen molar-refractivity contribution in [1.29, 1.82) is 0 Å². The molecule has 3 atom stereocenters. The number of hydrogen-bond donors (Lipinski definition) is 1. The molecule has 1 aromatic rings. The van der Waals surface area contributed by atoms with Gasteiger partial charge in [0.25, 0.3) is 0 Å². The molecule has 1 aliphatic rings. The van der Waals surface area contributed by atoms with E-state index in [9.17, 15) is 14.7 Å². The number of esters is 1. The zero-order valence-corrected chi connectivity index (χ0v) is 16.0. The van der Waals surface area contributed by atoms with Crippen LogP contribution in [0.4, 0.5) is 4.79 Å². The number of hydrogen-bond acceptors (Lipinski definition) is 5. The van der Waals surface area contributed by atoms with Gasteiger partial charge in [-0.3, -0.25) is 4.79 Å². The van der Waals surface area contributed by atoms with Gasteiger partial charge in [0.05, 0.1) is 18.1 Å². The Morgan fingerprint density at radius 1 is 1.27 bits per heavy atom. The third kappa shape index (κ3) is 5.46. The van der Waals surface area contributed by atoms with Gasteiger partial charge in [-0.15, -0.1) is 0 Å². The minimum Gasteiger partial charge on any atom is -0.461 e. The van der Waals surface area contributed by atoms with Crippen LogP contribution in [-0.4, -0.2) is 46.4 Å². The van der Waals surface area contributed by atoms with Crippen molar-refractivity contribution >= 4 is 12.1 Å². The van der Waals surface area contributed by atoms with E-state index in [0.717, 1.165) is 12.0 Å². The van der Waals surface area contributed by atoms with Gasteiger partial charge in [0, 0.05) is 6.54 Å². The van der Waals surface area contributed by atoms with Crippen LogP contribution in [0.3, 0.4) is 0 Å². The third-order valence-corrected chi connectivity index (χ3v) is 4.43. The Bertz CT molecular complexity index is 610. The standard InChI is InChI=1S/C20H29NO5/c1-14(18(23)25-13-15-9-6-5-7-10-15)17(22)16-11-8-12-21(16)19(24)26-20(2,3)4/h5-7,9-10,14,16-17,22H,8,11-13H2,1-4H3/t14-,16+,17-/m0/s1. The number of rotatable bonds is 5. The number of carbonyl (C=O) groups excluding carboxylic acids is 2. The van der Waals surface area contributed by atoms with E-state index < -0.39 is 35.7 Å². The molecule has 6 heteroatoms. The molecule has 0 saturated carbocycles. The van der Waals surface area contributed by atoms with Crippen molar-refractivity contribution in [3.05, 3.63) is 35.9 Å². The first-order valence-electron chi connectivity index (χ1n) is 9.07. The van der Waals surface area contributed by atoms with Crippen molar-refractivity contribution < 1.29 is 24.2 Å². The molecule has 6 nitrogen and oxygen atoms in total. The topological polar surface area (TPSA) is 76.1 Å². The number of carbonyl (C=O) groups is 2. The Balaban J connectivity index is 1.94. The van der Waals surface area contributed by atoms with Gasteiger partial charge in [-0.05, 0) is 46.1 Å². The van der Waals surface area contributed by atoms with E-state index in [2.05, 4.69) is 0 Å². The first-order valence-corrected chi connectivity index (χ1v) is 9.07. The molecule has 1 saturated heterocycles. The monoisotopic (exact) mass is 363 g/mol. The third-order valence-electron chi connectivity index (χ3n) is 4.43. The van der Waals surface area contributed by atoms with Crippen molar-refractivity contribution in [2.45, 2.75) is 64.9 Å². The molecule has 1 heterocycles. The number of amides is 1. The van der Waals surface area contributed by atoms with Crippen LogP contribution in [0.15, 0.2) is 30.3 Å². The van der Waals surface area contributed by atoms with Crippen LogP contribution in [0.1, 0.15) is 46.1 Å². The summed E-state index contributed by atoms with van der Waals surface area (Å²) in [6.45, 7) is 7.71. The lowest BCUT2D eigenvalue weighted by Crippen LogP contribution is -2.48. The van der Waals surface area contributed by atoms with Crippen molar-refractivity contribution in [2.75, 3.05) is 6.54 Å². The van der Waals surface area contributed by atoms with Crippen LogP contribution in [0.2, 0.25) is 0 Å². The van der Waals surface area contributed by atoms with Gasteiger partial charge >= 0.3 is 12.1 Å². The average molecular weight is 363 g/mol. The maximum atomic E-state index is 12.4. The summed E-state index contributed by atoms with van der Waals surface area (Å²) in [7, 11) is 0. The molecule has 1 N–H and O–H groups in total. The van der Waals surface area contributed by atoms with Gasteiger partial charge in [0.2, 0.25) is 0 Å². The summed E-state index contributed by atoms with van der Waals surface area (Å²) < 4.78 is 10.7. The maximum Gasteiger partial charge on any atom is 0.410 e. The molecular weight excluding hydrogens is 334 g/mol. The predicted octanol–water partition coefficient (Wildman–Crippen LogP) is 3.13. The lowest BCUT2D eigenvalue weighted by molar-refractivity contribution is -0.154. The number of aliphatic hydroxyl groups excluding tert-OH is 1. The SMILES string of the molecule is C[C@H](C(=O)OCc1ccccc1)[C@H](O)[C@H]1CCCN1C(=O)OC(C)(C)C. The van der Waals surface area contributed by atoms with Gasteiger partial charge in [0.1, 0.15) is 12.2 Å². The molecule has 1 amide bonds. The van der Waals surface area contributed by atoms with Gasteiger partial charge in [0.15, 0.2) is 0 Å². The lowest BCUT2D eigenvalue weighted by Gasteiger charge is -2.32. The van der Waals surface area contributed by atoms with Crippen molar-refractivity contribution in [2.24, 2.45) is 5.92 Å². The fourth-order valence-electron chi connectivity index (χ4n) is 3.03. The molecule has 26 heavy (non-hydrogen) atoms. The van der Waals surface area contributed by atoms with Gasteiger partial charge in [-0.25, -0.2) is 4.79 Å². The maximum absolute atomic E-state index is 12.4. The Labute approximate surface area is 155 Å². The van der Waals surface area contributed by atoms with E-state index in [1.165, 1.54) is 4.90 Å². The second kappa shape index (κ2) is 8.54. The molecule has 0 unspecified atom stereocenters. The zero-order chi connectivity index (χ0) is 19.3. The van der Waals surface area contributed by atoms with E-state index in [0.29, 0.717) is 13.0 Å². The van der Waals surface area contributed by atoms with Crippen LogP contribution in [0.25, 0.3) is 0 Å². The van der Waals surface area contributed by atoms with E-state index in [1.54, 1.807) is 27.7 Å². The summed E-state index contributed by atoms with van der Waals surface area (Å²) in [6, 6.07) is 8.94. The van der Waals surface area contributed by atoms with E-state index >= 15 is 0 Å². The normalized spacial score (nSPS) is 19.7. The van der Waals surface area contributed by atoms with E-state index in [-0.39, 0.29) is 6.61 Å². The number of nitrogens with zero attached hydrogens (tertiary/aromatic N) is 1. The molecule has 0 spiro atoms. The molecular formula is C20H29NO5. The molecule has 0 aromatic heterocycles. The summed E-state index contributed by atoms with van der Waals surface area (Å²) in [6.07, 6.45) is -0.0408. The van der Waals surface area contributed by atoms with Crippen molar-refractivity contribution in [3.8, 4) is 0 Å². The van der Waals surface area contributed by atoms with Crippen molar-refractivity contribution in [1.82, 2.24) is 4.90 Å². The fraction of sp³-hybridized carbons (Fsp3) is 0.600. The number of aliphatic hydroxyl groups is 1. The molecule has 144 valence electrons. The molecule has 2 rings (SSSR count). The van der Waals surface area contributed by atoms with Crippen LogP contribution >= 0.6 is 0 Å². The number of benzene rings is 1. The second-order valence-electron chi connectivity index (χ2n) is 7.76. The van der Waals surface area contributed by atoms with Crippen LogP contribution < -0.4 is 0 Å². The summed E-state index contributed by atoms with van der Waals surface area (Å²) >= 11 is 0. The largest absolute Gasteiger partial charge is 0.461 e. The van der Waals surface area contributed by atoms with E-state index in [4.69, 9.17) is 9.47 Å². The van der Waals surface area contributed by atoms with Crippen molar-refractivity contribution in [3.63, 3.8) is 0 Å². The summed E-state index contributed by atoms with van der Waals surface area (Å²) in [4.78, 5) is 26.2. The predicted molar refractivity (Wildman–Crippen MR) is 97.4 cm³/mol. The Hall–Kier alpha value is -2.08. The molecule has 0 bridgehead atoms. The highest BCUT2D eigenvalue weighted by atomic mass is 16.6. The first kappa shape index (κ1) is 20.2. The highest BCUT2D eigenvalue weighted by molar-refractivity contribution is 5.73. The minimum absolute atomic E-state index is 0.164. The average Bonchev–Trinajstić information content (AvgIpc) is 3.07. The number of ether oxygens (including phenoxy) is 2. The van der Waals surface area contributed by atoms with Crippen LogP contribution in [0, 0.1) is 5.92 Å². The van der Waals surface area contributed by atoms with Gasteiger partial charge in [-0.2, -0.15) is 0 Å². The second-order valence-corrected chi connectivity index (χ2v) is 7.76. The van der Waals surface area contributed by atoms with Gasteiger partial charge in [-0.1, -0.05) is 30.3 Å². The minimum atomic E-state index is -0.992. The summed E-state index contributed by atoms with van der Waals surface area (Å²) in [5.74, 6) is -1.20. The first-order chi connectivity index (χ1) is 12.2. The zero-order valence-electron chi connectivity index (χ0n) is 16.0. The smallest absolute Gasteiger partial charge is 0.410 e. The quantitative estimate of drug-likeness (QED) is 0.814. The van der Waals surface area contributed by atoms with Crippen LogP contribution in [-0.2, 0) is 20.9 Å².